The SMILES string of the molecule is CC(O)[C@H](CNC1CCCC1)c1ccc(Cl)c(F)c1. The zero-order valence-corrected chi connectivity index (χ0v) is 12.0. The van der Waals surface area contributed by atoms with Crippen molar-refractivity contribution in [1.29, 1.82) is 0 Å². The van der Waals surface area contributed by atoms with E-state index in [4.69, 9.17) is 11.6 Å². The Labute approximate surface area is 119 Å². The predicted octanol–water partition coefficient (Wildman–Crippen LogP) is 3.48. The van der Waals surface area contributed by atoms with Crippen LogP contribution in [0.4, 0.5) is 4.39 Å². The maximum absolute atomic E-state index is 13.5. The molecule has 1 aliphatic carbocycles. The van der Waals surface area contributed by atoms with Crippen molar-refractivity contribution in [3.05, 3.63) is 34.6 Å². The fraction of sp³-hybridized carbons (Fsp3) is 0.600. The summed E-state index contributed by atoms with van der Waals surface area (Å²) in [5, 5.41) is 13.5. The highest BCUT2D eigenvalue weighted by Gasteiger charge is 2.21. The van der Waals surface area contributed by atoms with Crippen LogP contribution in [-0.4, -0.2) is 23.8 Å². The number of halogens is 2. The van der Waals surface area contributed by atoms with Crippen LogP contribution in [0.1, 0.15) is 44.1 Å². The van der Waals surface area contributed by atoms with Crippen LogP contribution in [0.15, 0.2) is 18.2 Å². The predicted molar refractivity (Wildman–Crippen MR) is 76.1 cm³/mol. The zero-order chi connectivity index (χ0) is 13.8. The number of hydrogen-bond acceptors (Lipinski definition) is 2. The van der Waals surface area contributed by atoms with Crippen LogP contribution in [-0.2, 0) is 0 Å². The van der Waals surface area contributed by atoms with Crippen molar-refractivity contribution in [3.8, 4) is 0 Å². The van der Waals surface area contributed by atoms with Gasteiger partial charge in [-0.25, -0.2) is 4.39 Å². The van der Waals surface area contributed by atoms with Gasteiger partial charge < -0.3 is 10.4 Å². The Morgan fingerprint density at radius 1 is 1.42 bits per heavy atom. The van der Waals surface area contributed by atoms with E-state index in [1.807, 2.05) is 0 Å². The van der Waals surface area contributed by atoms with E-state index in [9.17, 15) is 9.50 Å². The minimum Gasteiger partial charge on any atom is -0.393 e. The minimum atomic E-state index is -0.519. The summed E-state index contributed by atoms with van der Waals surface area (Å²) in [5.41, 5.74) is 0.794. The summed E-state index contributed by atoms with van der Waals surface area (Å²) in [6, 6.07) is 5.31. The molecule has 2 nitrogen and oxygen atoms in total. The molecule has 1 unspecified atom stereocenters. The van der Waals surface area contributed by atoms with Crippen molar-refractivity contribution in [3.63, 3.8) is 0 Å². The third kappa shape index (κ3) is 3.91. The second kappa shape index (κ2) is 6.69. The highest BCUT2D eigenvalue weighted by atomic mass is 35.5. The first-order chi connectivity index (χ1) is 9.08. The molecule has 2 rings (SSSR count). The standard InChI is InChI=1S/C15H21ClFNO/c1-10(19)13(9-18-12-4-2-3-5-12)11-6-7-14(16)15(17)8-11/h6-8,10,12-13,18-19H,2-5,9H2,1H3/t10?,13-/m0/s1. The van der Waals surface area contributed by atoms with Gasteiger partial charge in [-0.1, -0.05) is 30.5 Å². The van der Waals surface area contributed by atoms with Gasteiger partial charge in [0.15, 0.2) is 0 Å². The average molecular weight is 286 g/mol. The maximum Gasteiger partial charge on any atom is 0.142 e. The molecule has 4 heteroatoms. The van der Waals surface area contributed by atoms with Crippen molar-refractivity contribution >= 4 is 11.6 Å². The van der Waals surface area contributed by atoms with E-state index in [2.05, 4.69) is 5.32 Å². The molecule has 2 atom stereocenters. The summed E-state index contributed by atoms with van der Waals surface area (Å²) in [7, 11) is 0. The van der Waals surface area contributed by atoms with Crippen molar-refractivity contribution in [2.24, 2.45) is 0 Å². The lowest BCUT2D eigenvalue weighted by Gasteiger charge is -2.23. The number of benzene rings is 1. The van der Waals surface area contributed by atoms with Gasteiger partial charge in [-0.3, -0.25) is 0 Å². The maximum atomic E-state index is 13.5. The largest absolute Gasteiger partial charge is 0.393 e. The van der Waals surface area contributed by atoms with Crippen LogP contribution in [0.25, 0.3) is 0 Å². The van der Waals surface area contributed by atoms with Gasteiger partial charge in [0.25, 0.3) is 0 Å². The Kier molecular flexibility index (Phi) is 5.20. The summed E-state index contributed by atoms with van der Waals surface area (Å²) in [5.74, 6) is -0.530. The first-order valence-corrected chi connectivity index (χ1v) is 7.32. The molecule has 1 aliphatic rings. The van der Waals surface area contributed by atoms with Gasteiger partial charge in [0.2, 0.25) is 0 Å². The van der Waals surface area contributed by atoms with E-state index in [1.165, 1.54) is 31.7 Å². The van der Waals surface area contributed by atoms with Gasteiger partial charge in [0, 0.05) is 18.5 Å². The molecule has 0 saturated heterocycles. The van der Waals surface area contributed by atoms with Crippen LogP contribution < -0.4 is 5.32 Å². The topological polar surface area (TPSA) is 32.3 Å². The van der Waals surface area contributed by atoms with E-state index < -0.39 is 11.9 Å². The van der Waals surface area contributed by atoms with E-state index in [0.29, 0.717) is 12.6 Å². The summed E-state index contributed by atoms with van der Waals surface area (Å²) in [6.45, 7) is 2.41. The highest BCUT2D eigenvalue weighted by molar-refractivity contribution is 6.30. The molecule has 19 heavy (non-hydrogen) atoms. The molecule has 2 N–H and O–H groups in total. The van der Waals surface area contributed by atoms with E-state index in [0.717, 1.165) is 5.56 Å². The molecule has 1 aromatic carbocycles. The third-order valence-electron chi connectivity index (χ3n) is 3.94. The number of hydrogen-bond donors (Lipinski definition) is 2. The third-order valence-corrected chi connectivity index (χ3v) is 4.24. The quantitative estimate of drug-likeness (QED) is 0.868. The van der Waals surface area contributed by atoms with Crippen LogP contribution in [0, 0.1) is 5.82 Å². The Morgan fingerprint density at radius 2 is 2.11 bits per heavy atom. The lowest BCUT2D eigenvalue weighted by Crippen LogP contribution is -2.34. The Morgan fingerprint density at radius 3 is 2.68 bits per heavy atom. The fourth-order valence-electron chi connectivity index (χ4n) is 2.73. The van der Waals surface area contributed by atoms with Crippen LogP contribution in [0.2, 0.25) is 5.02 Å². The fourth-order valence-corrected chi connectivity index (χ4v) is 2.85. The molecule has 1 saturated carbocycles. The van der Waals surface area contributed by atoms with Gasteiger partial charge in [-0.05, 0) is 37.5 Å². The van der Waals surface area contributed by atoms with Crippen molar-refractivity contribution in [1.82, 2.24) is 5.32 Å². The molecule has 0 radical (unpaired) electrons. The van der Waals surface area contributed by atoms with Crippen LogP contribution in [0.3, 0.4) is 0 Å². The van der Waals surface area contributed by atoms with Crippen LogP contribution in [0.5, 0.6) is 0 Å². The van der Waals surface area contributed by atoms with E-state index in [1.54, 1.807) is 19.1 Å². The summed E-state index contributed by atoms with van der Waals surface area (Å²) in [4.78, 5) is 0. The average Bonchev–Trinajstić information content (AvgIpc) is 2.86. The Bertz CT molecular complexity index is 419. The molecule has 1 fully saturated rings. The molecule has 1 aromatic rings. The van der Waals surface area contributed by atoms with E-state index >= 15 is 0 Å². The van der Waals surface area contributed by atoms with Gasteiger partial charge in [0.05, 0.1) is 11.1 Å². The second-order valence-corrected chi connectivity index (χ2v) is 5.82. The zero-order valence-electron chi connectivity index (χ0n) is 11.2. The molecule has 0 spiro atoms. The van der Waals surface area contributed by atoms with Crippen molar-refractivity contribution in [2.75, 3.05) is 6.54 Å². The van der Waals surface area contributed by atoms with Gasteiger partial charge in [-0.2, -0.15) is 0 Å². The monoisotopic (exact) mass is 285 g/mol. The summed E-state index contributed by atoms with van der Waals surface area (Å²) in [6.07, 6.45) is 4.41. The first kappa shape index (κ1) is 14.8. The number of rotatable bonds is 5. The number of nitrogens with one attached hydrogen (secondary N) is 1. The molecular formula is C15H21ClFNO. The molecule has 0 aromatic heterocycles. The lowest BCUT2D eigenvalue weighted by molar-refractivity contribution is 0.158. The number of aliphatic hydroxyl groups is 1. The van der Waals surface area contributed by atoms with Gasteiger partial charge >= 0.3 is 0 Å². The summed E-state index contributed by atoms with van der Waals surface area (Å²) >= 11 is 5.69. The lowest BCUT2D eigenvalue weighted by atomic mass is 9.93. The van der Waals surface area contributed by atoms with Crippen LogP contribution >= 0.6 is 11.6 Å². The van der Waals surface area contributed by atoms with E-state index in [-0.39, 0.29) is 10.9 Å². The number of aliphatic hydroxyl groups excluding tert-OH is 1. The minimum absolute atomic E-state index is 0.104. The molecule has 0 heterocycles. The van der Waals surface area contributed by atoms with Gasteiger partial charge in [0.1, 0.15) is 5.82 Å². The molecule has 0 amide bonds. The summed E-state index contributed by atoms with van der Waals surface area (Å²) < 4.78 is 13.5. The highest BCUT2D eigenvalue weighted by Crippen LogP contribution is 2.25. The second-order valence-electron chi connectivity index (χ2n) is 5.41. The molecule has 106 valence electrons. The molecule has 0 aliphatic heterocycles. The molecule has 0 bridgehead atoms. The molecular weight excluding hydrogens is 265 g/mol. The van der Waals surface area contributed by atoms with Crippen molar-refractivity contribution < 1.29 is 9.50 Å². The smallest absolute Gasteiger partial charge is 0.142 e. The first-order valence-electron chi connectivity index (χ1n) is 6.94. The Balaban J connectivity index is 2.03. The van der Waals surface area contributed by atoms with Crippen molar-refractivity contribution in [2.45, 2.75) is 50.7 Å². The normalized spacial score (nSPS) is 19.6. The van der Waals surface area contributed by atoms with Gasteiger partial charge in [-0.15, -0.1) is 0 Å². The Hall–Kier alpha value is -0.640.